The topological polar surface area (TPSA) is 43.4 Å². The van der Waals surface area contributed by atoms with E-state index in [1.54, 1.807) is 24.3 Å². The van der Waals surface area contributed by atoms with Crippen LogP contribution in [0.25, 0.3) is 0 Å². The minimum absolute atomic E-state index is 0.246. The van der Waals surface area contributed by atoms with Gasteiger partial charge in [-0.05, 0) is 25.0 Å². The fourth-order valence-corrected chi connectivity index (χ4v) is 1.43. The molecule has 0 spiro atoms. The summed E-state index contributed by atoms with van der Waals surface area (Å²) in [5.74, 6) is -0.172. The van der Waals surface area contributed by atoms with Crippen molar-refractivity contribution in [3.63, 3.8) is 0 Å². The van der Waals surface area contributed by atoms with Crippen LogP contribution in [-0.2, 0) is 9.53 Å². The van der Waals surface area contributed by atoms with E-state index in [1.807, 2.05) is 6.07 Å². The van der Waals surface area contributed by atoms with Crippen molar-refractivity contribution in [2.24, 2.45) is 5.92 Å². The summed E-state index contributed by atoms with van der Waals surface area (Å²) >= 11 is 0. The number of carbonyl (C=O) groups excluding carboxylic acids is 2. The summed E-state index contributed by atoms with van der Waals surface area (Å²) in [6.07, 6.45) is 2.12. The van der Waals surface area contributed by atoms with Crippen LogP contribution in [0.2, 0.25) is 0 Å². The Morgan fingerprint density at radius 3 is 2.53 bits per heavy atom. The Bertz CT molecular complexity index is 354. The van der Waals surface area contributed by atoms with Gasteiger partial charge in [-0.2, -0.15) is 0 Å². The van der Waals surface area contributed by atoms with E-state index in [0.29, 0.717) is 5.56 Å². The van der Waals surface area contributed by atoms with Gasteiger partial charge in [0.05, 0.1) is 5.56 Å². The summed E-state index contributed by atoms with van der Waals surface area (Å²) in [4.78, 5) is 22.2. The lowest BCUT2D eigenvalue weighted by Gasteiger charge is -2.10. The van der Waals surface area contributed by atoms with Crippen LogP contribution in [0, 0.1) is 5.92 Å². The molecule has 15 heavy (non-hydrogen) atoms. The number of ether oxygens (including phenoxy) is 1. The predicted molar refractivity (Wildman–Crippen MR) is 54.4 cm³/mol. The number of benzene rings is 1. The molecule has 1 aromatic rings. The first-order chi connectivity index (χ1) is 7.31. The van der Waals surface area contributed by atoms with Crippen molar-refractivity contribution in [1.82, 2.24) is 0 Å². The number of hydrogen-bond donors (Lipinski definition) is 0. The van der Waals surface area contributed by atoms with Gasteiger partial charge >= 0.3 is 5.97 Å². The van der Waals surface area contributed by atoms with Gasteiger partial charge in [0.25, 0.3) is 0 Å². The van der Waals surface area contributed by atoms with Gasteiger partial charge in [-0.25, -0.2) is 4.79 Å². The van der Waals surface area contributed by atoms with Crippen LogP contribution in [0.1, 0.15) is 23.2 Å². The molecule has 0 aliphatic heterocycles. The molecule has 3 nitrogen and oxygen atoms in total. The lowest BCUT2D eigenvalue weighted by Crippen LogP contribution is -2.21. The van der Waals surface area contributed by atoms with Gasteiger partial charge in [-0.3, -0.25) is 4.79 Å². The lowest BCUT2D eigenvalue weighted by atomic mass is 10.2. The molecule has 0 heterocycles. The molecule has 3 heteroatoms. The Hall–Kier alpha value is -1.64. The Morgan fingerprint density at radius 2 is 2.00 bits per heavy atom. The Morgan fingerprint density at radius 1 is 1.33 bits per heavy atom. The third-order valence-electron chi connectivity index (χ3n) is 2.47. The fourth-order valence-electron chi connectivity index (χ4n) is 1.43. The molecule has 0 bridgehead atoms. The number of hydrogen-bond acceptors (Lipinski definition) is 3. The quantitative estimate of drug-likeness (QED) is 0.555. The van der Waals surface area contributed by atoms with Crippen molar-refractivity contribution < 1.29 is 14.3 Å². The Balaban J connectivity index is 1.99. The van der Waals surface area contributed by atoms with E-state index in [9.17, 15) is 9.59 Å². The molecule has 1 saturated carbocycles. The molecule has 0 unspecified atom stereocenters. The van der Waals surface area contributed by atoms with Gasteiger partial charge in [-0.1, -0.05) is 18.2 Å². The first kappa shape index (κ1) is 9.90. The molecule has 0 aromatic heterocycles. The van der Waals surface area contributed by atoms with Gasteiger partial charge < -0.3 is 4.74 Å². The second kappa shape index (κ2) is 4.26. The lowest BCUT2D eigenvalue weighted by molar-refractivity contribution is -0.116. The third-order valence-corrected chi connectivity index (χ3v) is 2.47. The highest BCUT2D eigenvalue weighted by Crippen LogP contribution is 2.33. The summed E-state index contributed by atoms with van der Waals surface area (Å²) < 4.78 is 5.10. The fraction of sp³-hybridized carbons (Fsp3) is 0.333. The average molecular weight is 204 g/mol. The zero-order chi connectivity index (χ0) is 10.7. The van der Waals surface area contributed by atoms with E-state index < -0.39 is 12.1 Å². The van der Waals surface area contributed by atoms with Crippen molar-refractivity contribution >= 4 is 12.3 Å². The smallest absolute Gasteiger partial charge is 0.338 e. The summed E-state index contributed by atoms with van der Waals surface area (Å²) in [7, 11) is 0. The van der Waals surface area contributed by atoms with Gasteiger partial charge in [0.15, 0.2) is 12.4 Å². The van der Waals surface area contributed by atoms with Gasteiger partial charge in [0.2, 0.25) is 0 Å². The Labute approximate surface area is 88.1 Å². The van der Waals surface area contributed by atoms with Gasteiger partial charge in [0.1, 0.15) is 0 Å². The highest BCUT2D eigenvalue weighted by Gasteiger charge is 2.33. The van der Waals surface area contributed by atoms with Crippen LogP contribution in [0.4, 0.5) is 0 Å². The number of esters is 1. The molecule has 78 valence electrons. The molecule has 1 aliphatic carbocycles. The Kier molecular flexibility index (Phi) is 2.81. The van der Waals surface area contributed by atoms with Crippen LogP contribution in [0.15, 0.2) is 30.3 Å². The molecule has 0 amide bonds. The minimum atomic E-state index is -0.558. The third kappa shape index (κ3) is 2.43. The monoisotopic (exact) mass is 204 g/mol. The number of carbonyl (C=O) groups is 2. The summed E-state index contributed by atoms with van der Waals surface area (Å²) in [6.45, 7) is 0. The summed E-state index contributed by atoms with van der Waals surface area (Å²) in [6, 6.07) is 8.72. The second-order valence-corrected chi connectivity index (χ2v) is 3.71. The van der Waals surface area contributed by atoms with Crippen molar-refractivity contribution in [2.75, 3.05) is 0 Å². The maximum Gasteiger partial charge on any atom is 0.338 e. The van der Waals surface area contributed by atoms with E-state index in [4.69, 9.17) is 4.74 Å². The maximum atomic E-state index is 11.6. The van der Waals surface area contributed by atoms with Crippen molar-refractivity contribution in [2.45, 2.75) is 18.9 Å². The van der Waals surface area contributed by atoms with Crippen molar-refractivity contribution in [3.05, 3.63) is 35.9 Å². The van der Waals surface area contributed by atoms with Crippen LogP contribution < -0.4 is 0 Å². The first-order valence-electron chi connectivity index (χ1n) is 5.02. The molecule has 0 radical (unpaired) electrons. The molecule has 0 N–H and O–H groups in total. The molecular formula is C12H12O3. The highest BCUT2D eigenvalue weighted by atomic mass is 16.5. The van der Waals surface area contributed by atoms with E-state index in [-0.39, 0.29) is 5.92 Å². The number of rotatable bonds is 4. The summed E-state index contributed by atoms with van der Waals surface area (Å²) in [5.41, 5.74) is 0.491. The first-order valence-corrected chi connectivity index (χ1v) is 5.02. The predicted octanol–water partition coefficient (Wildman–Crippen LogP) is 1.82. The zero-order valence-electron chi connectivity index (χ0n) is 8.26. The maximum absolute atomic E-state index is 11.6. The molecule has 1 fully saturated rings. The summed E-state index contributed by atoms with van der Waals surface area (Å²) in [5, 5.41) is 0. The molecule has 1 aromatic carbocycles. The largest absolute Gasteiger partial charge is 0.451 e. The van der Waals surface area contributed by atoms with Crippen molar-refractivity contribution in [3.8, 4) is 0 Å². The van der Waals surface area contributed by atoms with Gasteiger partial charge in [0, 0.05) is 5.92 Å². The molecular weight excluding hydrogens is 192 g/mol. The molecule has 1 atom stereocenters. The highest BCUT2D eigenvalue weighted by molar-refractivity contribution is 5.90. The van der Waals surface area contributed by atoms with Crippen LogP contribution in [0.3, 0.4) is 0 Å². The molecule has 1 aliphatic rings. The standard InChI is InChI=1S/C12H12O3/c13-8-11(9-6-7-9)15-12(14)10-4-2-1-3-5-10/h1-5,8-9,11H,6-7H2/t11-/m1/s1. The zero-order valence-corrected chi connectivity index (χ0v) is 8.26. The van der Waals surface area contributed by atoms with E-state index in [0.717, 1.165) is 19.1 Å². The number of aldehydes is 1. The SMILES string of the molecule is O=C[C@@H](OC(=O)c1ccccc1)C1CC1. The average Bonchev–Trinajstić information content (AvgIpc) is 3.10. The van der Waals surface area contributed by atoms with Gasteiger partial charge in [-0.15, -0.1) is 0 Å². The van der Waals surface area contributed by atoms with E-state index in [1.165, 1.54) is 0 Å². The minimum Gasteiger partial charge on any atom is -0.451 e. The normalized spacial score (nSPS) is 16.8. The molecule has 2 rings (SSSR count). The molecule has 0 saturated heterocycles. The van der Waals surface area contributed by atoms with Crippen LogP contribution in [0.5, 0.6) is 0 Å². The van der Waals surface area contributed by atoms with E-state index >= 15 is 0 Å². The van der Waals surface area contributed by atoms with E-state index in [2.05, 4.69) is 0 Å². The van der Waals surface area contributed by atoms with Crippen LogP contribution >= 0.6 is 0 Å². The second-order valence-electron chi connectivity index (χ2n) is 3.71. The van der Waals surface area contributed by atoms with Crippen LogP contribution in [-0.4, -0.2) is 18.4 Å². The van der Waals surface area contributed by atoms with Crippen molar-refractivity contribution in [1.29, 1.82) is 0 Å².